The van der Waals surface area contributed by atoms with E-state index in [1.807, 2.05) is 72.8 Å². The molecule has 4 aromatic carbocycles. The molecule has 4 saturated carbocycles. The van der Waals surface area contributed by atoms with Crippen LogP contribution in [0.1, 0.15) is 80.0 Å². The number of aldehydes is 4. The van der Waals surface area contributed by atoms with Gasteiger partial charge in [0.1, 0.15) is 25.1 Å². The van der Waals surface area contributed by atoms with Crippen LogP contribution in [0, 0.1) is 23.7 Å². The summed E-state index contributed by atoms with van der Waals surface area (Å²) in [5, 5.41) is 0. The minimum atomic E-state index is 0.729. The van der Waals surface area contributed by atoms with E-state index < -0.39 is 0 Å². The molecule has 0 heterocycles. The van der Waals surface area contributed by atoms with E-state index in [9.17, 15) is 19.2 Å². The summed E-state index contributed by atoms with van der Waals surface area (Å²) >= 11 is 0. The lowest BCUT2D eigenvalue weighted by atomic mass is 9.56. The first kappa shape index (κ1) is 32.1. The zero-order chi connectivity index (χ0) is 29.8. The van der Waals surface area contributed by atoms with Crippen LogP contribution in [0.25, 0.3) is 0 Å². The van der Waals surface area contributed by atoms with Gasteiger partial charge in [0, 0.05) is 22.3 Å². The summed E-state index contributed by atoms with van der Waals surface area (Å²) in [6.07, 6.45) is 13.0. The summed E-state index contributed by atoms with van der Waals surface area (Å²) in [4.78, 5) is 40.0. The Labute approximate surface area is 249 Å². The molecule has 0 N–H and O–H groups in total. The van der Waals surface area contributed by atoms with Crippen molar-refractivity contribution in [1.82, 2.24) is 0 Å². The van der Waals surface area contributed by atoms with Crippen molar-refractivity contribution < 1.29 is 19.2 Å². The molecule has 4 heteroatoms. The summed E-state index contributed by atoms with van der Waals surface area (Å²) in [6, 6.07) is 36.4. The Bertz CT molecular complexity index is 1070. The van der Waals surface area contributed by atoms with Crippen molar-refractivity contribution in [3.05, 3.63) is 144 Å². The highest BCUT2D eigenvalue weighted by Crippen LogP contribution is 2.53. The van der Waals surface area contributed by atoms with Gasteiger partial charge in [-0.2, -0.15) is 0 Å². The smallest absolute Gasteiger partial charge is 0.150 e. The SMILES string of the molecule is C1C2CC3CC1CC(C2)C3.O=Cc1ccccc1.O=Cc1ccccc1.O=Cc1ccccc1.O=Cc1ccccc1. The summed E-state index contributed by atoms with van der Waals surface area (Å²) in [6.45, 7) is 0. The molecule has 4 aliphatic carbocycles. The molecule has 0 atom stereocenters. The van der Waals surface area contributed by atoms with Gasteiger partial charge in [0.25, 0.3) is 0 Å². The molecular formula is C38H40O4. The molecule has 4 bridgehead atoms. The molecule has 8 rings (SSSR count). The first-order valence-corrected chi connectivity index (χ1v) is 14.6. The van der Waals surface area contributed by atoms with Crippen molar-refractivity contribution in [3.8, 4) is 0 Å². The second kappa shape index (κ2) is 18.8. The maximum Gasteiger partial charge on any atom is 0.150 e. The molecule has 0 saturated heterocycles. The van der Waals surface area contributed by atoms with Crippen LogP contribution in [-0.2, 0) is 0 Å². The van der Waals surface area contributed by atoms with Crippen LogP contribution >= 0.6 is 0 Å². The summed E-state index contributed by atoms with van der Waals surface area (Å²) in [5.74, 6) is 4.71. The zero-order valence-corrected chi connectivity index (χ0v) is 24.0. The van der Waals surface area contributed by atoms with Gasteiger partial charge in [-0.15, -0.1) is 0 Å². The molecule has 0 radical (unpaired) electrons. The molecule has 0 unspecified atom stereocenters. The predicted octanol–water partition coefficient (Wildman–Crippen LogP) is 8.83. The third-order valence-corrected chi connectivity index (χ3v) is 7.74. The maximum absolute atomic E-state index is 10.0. The van der Waals surface area contributed by atoms with E-state index in [0.717, 1.165) is 47.4 Å². The van der Waals surface area contributed by atoms with E-state index in [2.05, 4.69) is 0 Å². The molecule has 0 amide bonds. The van der Waals surface area contributed by atoms with Gasteiger partial charge >= 0.3 is 0 Å². The zero-order valence-electron chi connectivity index (χ0n) is 24.0. The summed E-state index contributed by atoms with van der Waals surface area (Å²) < 4.78 is 0. The number of benzene rings is 4. The van der Waals surface area contributed by atoms with Crippen molar-refractivity contribution in [2.75, 3.05) is 0 Å². The van der Waals surface area contributed by atoms with E-state index in [1.54, 1.807) is 87.1 Å². The van der Waals surface area contributed by atoms with Crippen LogP contribution in [0.2, 0.25) is 0 Å². The van der Waals surface area contributed by atoms with Gasteiger partial charge in [-0.1, -0.05) is 121 Å². The average Bonchev–Trinajstić information content (AvgIpc) is 3.07. The number of hydrogen-bond donors (Lipinski definition) is 0. The lowest BCUT2D eigenvalue weighted by molar-refractivity contribution is 0.0198. The van der Waals surface area contributed by atoms with Crippen LogP contribution in [0.3, 0.4) is 0 Å². The van der Waals surface area contributed by atoms with Crippen LogP contribution in [-0.4, -0.2) is 25.1 Å². The highest BCUT2D eigenvalue weighted by atomic mass is 16.1. The normalized spacial score (nSPS) is 20.2. The number of rotatable bonds is 4. The van der Waals surface area contributed by atoms with Gasteiger partial charge in [-0.3, -0.25) is 19.2 Å². The van der Waals surface area contributed by atoms with E-state index in [-0.39, 0.29) is 0 Å². The van der Waals surface area contributed by atoms with Gasteiger partial charge in [0.15, 0.2) is 0 Å². The highest BCUT2D eigenvalue weighted by Gasteiger charge is 2.41. The third-order valence-electron chi connectivity index (χ3n) is 7.74. The topological polar surface area (TPSA) is 68.3 Å². The number of carbonyl (C=O) groups is 4. The van der Waals surface area contributed by atoms with Crippen LogP contribution in [0.5, 0.6) is 0 Å². The molecular weight excluding hydrogens is 520 g/mol. The Morgan fingerprint density at radius 3 is 0.595 bits per heavy atom. The van der Waals surface area contributed by atoms with E-state index in [1.165, 1.54) is 23.7 Å². The van der Waals surface area contributed by atoms with Crippen molar-refractivity contribution >= 4 is 25.1 Å². The summed E-state index contributed by atoms with van der Waals surface area (Å²) in [7, 11) is 0. The Hall–Kier alpha value is -4.44. The highest BCUT2D eigenvalue weighted by molar-refractivity contribution is 5.75. The van der Waals surface area contributed by atoms with Crippen LogP contribution in [0.15, 0.2) is 121 Å². The molecule has 4 fully saturated rings. The molecule has 4 aliphatic rings. The molecule has 0 aliphatic heterocycles. The average molecular weight is 561 g/mol. The monoisotopic (exact) mass is 560 g/mol. The predicted molar refractivity (Wildman–Crippen MR) is 169 cm³/mol. The van der Waals surface area contributed by atoms with Crippen LogP contribution in [0.4, 0.5) is 0 Å². The lowest BCUT2D eigenvalue weighted by Gasteiger charge is -2.49. The fourth-order valence-electron chi connectivity index (χ4n) is 6.11. The quantitative estimate of drug-likeness (QED) is 0.234. The first-order valence-electron chi connectivity index (χ1n) is 14.6. The lowest BCUT2D eigenvalue weighted by Crippen LogP contribution is -2.38. The molecule has 216 valence electrons. The van der Waals surface area contributed by atoms with Gasteiger partial charge in [0.2, 0.25) is 0 Å². The molecule has 42 heavy (non-hydrogen) atoms. The van der Waals surface area contributed by atoms with E-state index in [4.69, 9.17) is 0 Å². The minimum Gasteiger partial charge on any atom is -0.298 e. The largest absolute Gasteiger partial charge is 0.298 e. The minimum absolute atomic E-state index is 0.729. The second-order valence-corrected chi connectivity index (χ2v) is 11.0. The number of hydrogen-bond acceptors (Lipinski definition) is 4. The van der Waals surface area contributed by atoms with Gasteiger partial charge in [0.05, 0.1) is 0 Å². The van der Waals surface area contributed by atoms with Crippen LogP contribution < -0.4 is 0 Å². The van der Waals surface area contributed by atoms with Crippen molar-refractivity contribution in [2.24, 2.45) is 23.7 Å². The Kier molecular flexibility index (Phi) is 14.4. The van der Waals surface area contributed by atoms with E-state index in [0.29, 0.717) is 0 Å². The van der Waals surface area contributed by atoms with Crippen molar-refractivity contribution in [1.29, 1.82) is 0 Å². The maximum atomic E-state index is 10.0. The Morgan fingerprint density at radius 1 is 0.310 bits per heavy atom. The van der Waals surface area contributed by atoms with Crippen molar-refractivity contribution in [2.45, 2.75) is 38.5 Å². The fraction of sp³-hybridized carbons (Fsp3) is 0.263. The first-order chi connectivity index (χ1) is 20.6. The van der Waals surface area contributed by atoms with Gasteiger partial charge < -0.3 is 0 Å². The van der Waals surface area contributed by atoms with E-state index >= 15 is 0 Å². The Balaban J connectivity index is 0.000000145. The molecule has 0 spiro atoms. The molecule has 4 aromatic rings. The standard InChI is InChI=1S/C10H16.4C7H6O/c1-7-2-9-4-8(1)5-10(3-7)6-9;4*8-6-7-4-2-1-3-5-7/h7-10H,1-6H2;4*1-6H. The number of carbonyl (C=O) groups excluding carboxylic acids is 4. The molecule has 4 nitrogen and oxygen atoms in total. The van der Waals surface area contributed by atoms with Gasteiger partial charge in [-0.25, -0.2) is 0 Å². The summed E-state index contributed by atoms with van der Waals surface area (Å²) in [5.41, 5.74) is 2.92. The molecule has 0 aromatic heterocycles. The third kappa shape index (κ3) is 12.0. The van der Waals surface area contributed by atoms with Gasteiger partial charge in [-0.05, 0) is 62.2 Å². The fourth-order valence-corrected chi connectivity index (χ4v) is 6.11. The second-order valence-electron chi connectivity index (χ2n) is 11.0. The van der Waals surface area contributed by atoms with Crippen molar-refractivity contribution in [3.63, 3.8) is 0 Å². The Morgan fingerprint density at radius 2 is 0.476 bits per heavy atom.